The van der Waals surface area contributed by atoms with E-state index in [1.54, 1.807) is 4.68 Å². The summed E-state index contributed by atoms with van der Waals surface area (Å²) in [5.41, 5.74) is 3.78. The van der Waals surface area contributed by atoms with E-state index < -0.39 is 0 Å². The van der Waals surface area contributed by atoms with Gasteiger partial charge in [0.15, 0.2) is 0 Å². The number of amides is 1. The fraction of sp³-hybridized carbons (Fsp3) is 0.680. The van der Waals surface area contributed by atoms with Gasteiger partial charge in [0.25, 0.3) is 5.91 Å². The van der Waals surface area contributed by atoms with Crippen molar-refractivity contribution in [3.8, 4) is 0 Å². The number of rotatable bonds is 3. The summed E-state index contributed by atoms with van der Waals surface area (Å²) in [5, 5.41) is 4.59. The number of fused-ring (bicyclic) bond motifs is 1. The lowest BCUT2D eigenvalue weighted by atomic mass is 9.91. The van der Waals surface area contributed by atoms with Crippen LogP contribution >= 0.6 is 0 Å². The summed E-state index contributed by atoms with van der Waals surface area (Å²) in [5.74, 6) is 0.900. The molecule has 0 unspecified atom stereocenters. The van der Waals surface area contributed by atoms with Crippen LogP contribution < -0.4 is 4.90 Å². The zero-order valence-electron chi connectivity index (χ0n) is 20.5. The van der Waals surface area contributed by atoms with Crippen LogP contribution in [0.25, 0.3) is 0 Å². The molecule has 0 atom stereocenters. The number of hydrogen-bond acceptors (Lipinski definition) is 6. The first-order chi connectivity index (χ1) is 15.8. The number of carbonyl (C=O) groups excluding carboxylic acids is 1. The Balaban J connectivity index is 1.24. The molecule has 1 saturated heterocycles. The van der Waals surface area contributed by atoms with E-state index in [0.29, 0.717) is 18.8 Å². The van der Waals surface area contributed by atoms with Crippen molar-refractivity contribution >= 4 is 11.9 Å². The molecule has 3 aliphatic rings. The van der Waals surface area contributed by atoms with Crippen molar-refractivity contribution in [3.63, 3.8) is 0 Å². The number of anilines is 1. The third kappa shape index (κ3) is 4.50. The van der Waals surface area contributed by atoms with Gasteiger partial charge in [-0.15, -0.1) is 0 Å². The average Bonchev–Trinajstić information content (AvgIpc) is 3.03. The van der Waals surface area contributed by atoms with Crippen LogP contribution in [-0.2, 0) is 25.3 Å². The molecular formula is C25H37N7O. The molecule has 0 bridgehead atoms. The standard InChI is InChI=1S/C25H37N7O/c1-25(2,3)22-16-21(29(4)28-22)23(33)31-10-8-18-17-26-24(27-20(18)9-11-31)32-14-12-30(13-15-32)19-6-5-7-19/h16-17,19H,5-15H2,1-4H3. The zero-order valence-corrected chi connectivity index (χ0v) is 20.5. The van der Waals surface area contributed by atoms with Gasteiger partial charge in [-0.2, -0.15) is 5.10 Å². The zero-order chi connectivity index (χ0) is 23.2. The molecule has 8 heteroatoms. The van der Waals surface area contributed by atoms with E-state index >= 15 is 0 Å². The van der Waals surface area contributed by atoms with Crippen molar-refractivity contribution < 1.29 is 4.79 Å². The number of hydrogen-bond donors (Lipinski definition) is 0. The largest absolute Gasteiger partial charge is 0.338 e. The molecular weight excluding hydrogens is 414 g/mol. The summed E-state index contributed by atoms with van der Waals surface area (Å²) >= 11 is 0. The maximum absolute atomic E-state index is 13.3. The molecule has 1 aliphatic carbocycles. The topological polar surface area (TPSA) is 70.4 Å². The van der Waals surface area contributed by atoms with Gasteiger partial charge in [0, 0.05) is 70.4 Å². The Labute approximate surface area is 197 Å². The van der Waals surface area contributed by atoms with Crippen molar-refractivity contribution in [2.45, 2.75) is 64.3 Å². The molecule has 0 aromatic carbocycles. The highest BCUT2D eigenvalue weighted by atomic mass is 16.2. The van der Waals surface area contributed by atoms with Gasteiger partial charge in [0.05, 0.1) is 11.4 Å². The van der Waals surface area contributed by atoms with E-state index in [2.05, 4.69) is 35.7 Å². The Kier molecular flexibility index (Phi) is 5.89. The Hall–Kier alpha value is -2.48. The van der Waals surface area contributed by atoms with Crippen LogP contribution in [0, 0.1) is 0 Å². The van der Waals surface area contributed by atoms with Gasteiger partial charge in [-0.3, -0.25) is 14.4 Å². The van der Waals surface area contributed by atoms with Gasteiger partial charge in [-0.05, 0) is 30.9 Å². The van der Waals surface area contributed by atoms with Crippen LogP contribution in [0.2, 0.25) is 0 Å². The predicted octanol–water partition coefficient (Wildman–Crippen LogP) is 2.42. The fourth-order valence-electron chi connectivity index (χ4n) is 5.06. The summed E-state index contributed by atoms with van der Waals surface area (Å²) in [7, 11) is 1.86. The number of carbonyl (C=O) groups is 1. The first kappa shape index (κ1) is 22.3. The minimum Gasteiger partial charge on any atom is -0.338 e. The molecule has 0 spiro atoms. The molecule has 0 N–H and O–H groups in total. The van der Waals surface area contributed by atoms with E-state index in [4.69, 9.17) is 9.97 Å². The molecule has 8 nitrogen and oxygen atoms in total. The summed E-state index contributed by atoms with van der Waals surface area (Å²) in [6.45, 7) is 11.9. The Morgan fingerprint density at radius 3 is 2.39 bits per heavy atom. The molecule has 2 aliphatic heterocycles. The maximum atomic E-state index is 13.3. The van der Waals surface area contributed by atoms with E-state index in [1.165, 1.54) is 24.8 Å². The first-order valence-electron chi connectivity index (χ1n) is 12.5. The second kappa shape index (κ2) is 8.70. The van der Waals surface area contributed by atoms with Crippen molar-refractivity contribution in [3.05, 3.63) is 34.9 Å². The van der Waals surface area contributed by atoms with Gasteiger partial charge >= 0.3 is 0 Å². The van der Waals surface area contributed by atoms with E-state index in [1.807, 2.05) is 24.2 Å². The second-order valence-electron chi connectivity index (χ2n) is 10.8. The van der Waals surface area contributed by atoms with Gasteiger partial charge in [-0.1, -0.05) is 27.2 Å². The predicted molar refractivity (Wildman–Crippen MR) is 129 cm³/mol. The average molecular weight is 452 g/mol. The second-order valence-corrected chi connectivity index (χ2v) is 10.8. The molecule has 2 aromatic rings. The monoisotopic (exact) mass is 451 g/mol. The number of nitrogens with zero attached hydrogens (tertiary/aromatic N) is 7. The number of aryl methyl sites for hydroxylation is 1. The molecule has 0 radical (unpaired) electrons. The minimum absolute atomic E-state index is 0.0496. The highest BCUT2D eigenvalue weighted by Crippen LogP contribution is 2.27. The first-order valence-corrected chi connectivity index (χ1v) is 12.5. The smallest absolute Gasteiger partial charge is 0.272 e. The Bertz CT molecular complexity index is 1010. The minimum atomic E-state index is -0.0827. The molecule has 4 heterocycles. The molecule has 1 amide bonds. The highest BCUT2D eigenvalue weighted by Gasteiger charge is 2.30. The summed E-state index contributed by atoms with van der Waals surface area (Å²) in [6.07, 6.45) is 7.66. The van der Waals surface area contributed by atoms with Crippen LogP contribution in [-0.4, -0.2) is 80.8 Å². The summed E-state index contributed by atoms with van der Waals surface area (Å²) in [6, 6.07) is 2.75. The summed E-state index contributed by atoms with van der Waals surface area (Å²) < 4.78 is 1.72. The molecule has 5 rings (SSSR count). The van der Waals surface area contributed by atoms with Crippen molar-refractivity contribution in [1.82, 2.24) is 29.5 Å². The lowest BCUT2D eigenvalue weighted by Crippen LogP contribution is -2.52. The molecule has 178 valence electrons. The van der Waals surface area contributed by atoms with Crippen molar-refractivity contribution in [2.75, 3.05) is 44.2 Å². The number of piperazine rings is 1. The maximum Gasteiger partial charge on any atom is 0.272 e. The SMILES string of the molecule is Cn1nc(C(C)(C)C)cc1C(=O)N1CCc2cnc(N3CCN(C4CCC4)CC3)nc2CC1. The van der Waals surface area contributed by atoms with Gasteiger partial charge in [0.1, 0.15) is 5.69 Å². The van der Waals surface area contributed by atoms with Crippen LogP contribution in [0.3, 0.4) is 0 Å². The molecule has 33 heavy (non-hydrogen) atoms. The van der Waals surface area contributed by atoms with Gasteiger partial charge in [-0.25, -0.2) is 9.97 Å². The normalized spacial score (nSPS) is 20.4. The highest BCUT2D eigenvalue weighted by molar-refractivity contribution is 5.92. The van der Waals surface area contributed by atoms with Crippen LogP contribution in [0.4, 0.5) is 5.95 Å². The Morgan fingerprint density at radius 1 is 1.03 bits per heavy atom. The summed E-state index contributed by atoms with van der Waals surface area (Å²) in [4.78, 5) is 29.9. The number of aromatic nitrogens is 4. The Morgan fingerprint density at radius 2 is 1.76 bits per heavy atom. The molecule has 2 fully saturated rings. The van der Waals surface area contributed by atoms with Gasteiger partial charge < -0.3 is 9.80 Å². The van der Waals surface area contributed by atoms with Crippen LogP contribution in [0.5, 0.6) is 0 Å². The van der Waals surface area contributed by atoms with Gasteiger partial charge in [0.2, 0.25) is 5.95 Å². The van der Waals surface area contributed by atoms with Crippen LogP contribution in [0.1, 0.15) is 67.5 Å². The van der Waals surface area contributed by atoms with E-state index in [9.17, 15) is 4.79 Å². The van der Waals surface area contributed by atoms with Crippen molar-refractivity contribution in [2.24, 2.45) is 7.05 Å². The van der Waals surface area contributed by atoms with E-state index in [0.717, 1.165) is 62.4 Å². The fourth-order valence-corrected chi connectivity index (χ4v) is 5.06. The quantitative estimate of drug-likeness (QED) is 0.714. The van der Waals surface area contributed by atoms with Crippen molar-refractivity contribution in [1.29, 1.82) is 0 Å². The lowest BCUT2D eigenvalue weighted by Gasteiger charge is -2.43. The molecule has 2 aromatic heterocycles. The van der Waals surface area contributed by atoms with E-state index in [-0.39, 0.29) is 11.3 Å². The third-order valence-electron chi connectivity index (χ3n) is 7.55. The lowest BCUT2D eigenvalue weighted by molar-refractivity contribution is 0.0752. The van der Waals surface area contributed by atoms with Crippen LogP contribution in [0.15, 0.2) is 12.3 Å². The third-order valence-corrected chi connectivity index (χ3v) is 7.55. The molecule has 1 saturated carbocycles.